The highest BCUT2D eigenvalue weighted by Gasteiger charge is 2.29. The smallest absolute Gasteiger partial charge is 0.282 e. The van der Waals surface area contributed by atoms with Crippen LogP contribution in [0.2, 0.25) is 0 Å². The lowest BCUT2D eigenvalue weighted by atomic mass is 10.0. The van der Waals surface area contributed by atoms with Crippen LogP contribution in [0.3, 0.4) is 0 Å². The Hall–Kier alpha value is -4.53. The third-order valence-corrected chi connectivity index (χ3v) is 7.89. The number of carbonyl (C=O) groups is 2. The highest BCUT2D eigenvalue weighted by molar-refractivity contribution is 5.96. The predicted octanol–water partition coefficient (Wildman–Crippen LogP) is 4.37. The molecule has 1 aliphatic heterocycles. The maximum absolute atomic E-state index is 13.8. The number of nitrogens with two attached hydrogens (primary N) is 1. The summed E-state index contributed by atoms with van der Waals surface area (Å²) in [6.45, 7) is 6.57. The Bertz CT molecular complexity index is 1680. The number of aryl methyl sites for hydroxylation is 1. The molecule has 1 aromatic carbocycles. The van der Waals surface area contributed by atoms with E-state index in [9.17, 15) is 27.2 Å². The maximum atomic E-state index is 13.8. The first-order valence-electron chi connectivity index (χ1n) is 14.7. The van der Waals surface area contributed by atoms with E-state index in [1.807, 2.05) is 26.8 Å². The van der Waals surface area contributed by atoms with E-state index in [4.69, 9.17) is 5.73 Å². The quantitative estimate of drug-likeness (QED) is 0.250. The van der Waals surface area contributed by atoms with Crippen molar-refractivity contribution in [1.82, 2.24) is 33.9 Å². The van der Waals surface area contributed by atoms with Crippen LogP contribution in [0.5, 0.6) is 0 Å². The van der Waals surface area contributed by atoms with Crippen molar-refractivity contribution >= 4 is 29.0 Å². The summed E-state index contributed by atoms with van der Waals surface area (Å²) < 4.78 is 55.7. The molecule has 11 nitrogen and oxygen atoms in total. The van der Waals surface area contributed by atoms with Crippen molar-refractivity contribution in [3.63, 3.8) is 0 Å². The van der Waals surface area contributed by atoms with Crippen LogP contribution in [0, 0.1) is 5.92 Å². The van der Waals surface area contributed by atoms with Crippen molar-refractivity contribution in [3.8, 4) is 11.3 Å². The van der Waals surface area contributed by atoms with Crippen LogP contribution in [-0.2, 0) is 17.8 Å². The fourth-order valence-corrected chi connectivity index (χ4v) is 5.34. The Balaban J connectivity index is 1.34. The molecule has 45 heavy (non-hydrogen) atoms. The zero-order chi connectivity index (χ0) is 32.4. The van der Waals surface area contributed by atoms with Gasteiger partial charge in [-0.05, 0) is 36.1 Å². The molecule has 15 heteroatoms. The van der Waals surface area contributed by atoms with E-state index in [0.29, 0.717) is 55.3 Å². The average molecular weight is 630 g/mol. The average Bonchev–Trinajstić information content (AvgIpc) is 3.64. The lowest BCUT2D eigenvalue weighted by Gasteiger charge is -2.36. The number of nitrogens with one attached hydrogen (secondary N) is 1. The number of hydrogen-bond acceptors (Lipinski definition) is 7. The zero-order valence-electron chi connectivity index (χ0n) is 25.1. The summed E-state index contributed by atoms with van der Waals surface area (Å²) in [5, 5.41) is 6.86. The van der Waals surface area contributed by atoms with Gasteiger partial charge >= 0.3 is 0 Å². The number of anilines is 2. The van der Waals surface area contributed by atoms with Gasteiger partial charge in [0.2, 0.25) is 5.91 Å². The van der Waals surface area contributed by atoms with E-state index < -0.39 is 31.1 Å². The first-order valence-corrected chi connectivity index (χ1v) is 14.7. The van der Waals surface area contributed by atoms with Crippen LogP contribution < -0.4 is 11.1 Å². The first-order chi connectivity index (χ1) is 21.5. The topological polar surface area (TPSA) is 127 Å². The van der Waals surface area contributed by atoms with Crippen LogP contribution in [0.25, 0.3) is 16.9 Å². The standard InChI is InChI=1S/C30H35F4N9O2/c1-4-18-13-19(5-6-20(18)29(44)40-9-11-41(12-10-40)30(45)24(35)17(2)3)38-27-28-37-14-22(43(28)8-7-36-27)21-15-42(16-23(31)32)39-25(21)26(33)34/h5-8,13-15,17,23-24,26H,4,9-12,16,35H2,1-3H3,(H,36,38)/t24-/m1/s1. The second-order valence-electron chi connectivity index (χ2n) is 11.2. The van der Waals surface area contributed by atoms with Gasteiger partial charge in [-0.25, -0.2) is 27.5 Å². The van der Waals surface area contributed by atoms with E-state index in [1.165, 1.54) is 23.0 Å². The molecule has 1 atom stereocenters. The lowest BCUT2D eigenvalue weighted by molar-refractivity contribution is -0.135. The maximum Gasteiger partial charge on any atom is 0.282 e. The number of alkyl halides is 4. The summed E-state index contributed by atoms with van der Waals surface area (Å²) in [5.74, 6) is 0.117. The van der Waals surface area contributed by atoms with Gasteiger partial charge in [0.05, 0.1) is 17.9 Å². The Labute approximate surface area is 257 Å². The van der Waals surface area contributed by atoms with E-state index in [1.54, 1.807) is 21.9 Å². The number of aromatic nitrogens is 5. The molecule has 2 amide bonds. The zero-order valence-corrected chi connectivity index (χ0v) is 25.1. The Kier molecular flexibility index (Phi) is 9.37. The van der Waals surface area contributed by atoms with Crippen molar-refractivity contribution in [2.75, 3.05) is 31.5 Å². The minimum atomic E-state index is -2.98. The second-order valence-corrected chi connectivity index (χ2v) is 11.2. The number of halogens is 4. The van der Waals surface area contributed by atoms with Gasteiger partial charge in [-0.2, -0.15) is 5.10 Å². The van der Waals surface area contributed by atoms with Gasteiger partial charge in [-0.1, -0.05) is 20.8 Å². The third kappa shape index (κ3) is 6.62. The van der Waals surface area contributed by atoms with Gasteiger partial charge in [0, 0.05) is 61.6 Å². The molecule has 1 aliphatic rings. The van der Waals surface area contributed by atoms with Crippen molar-refractivity contribution < 1.29 is 27.2 Å². The molecule has 1 saturated heterocycles. The van der Waals surface area contributed by atoms with E-state index in [2.05, 4.69) is 20.4 Å². The SMILES string of the molecule is CCc1cc(Nc2nccn3c(-c4cn(CC(F)F)nc4C(F)F)cnc23)ccc1C(=O)N1CCN(C(=O)[C@H](N)C(C)C)CC1. The fraction of sp³-hybridized carbons (Fsp3) is 0.433. The van der Waals surface area contributed by atoms with E-state index in [0.717, 1.165) is 16.4 Å². The summed E-state index contributed by atoms with van der Waals surface area (Å²) in [7, 11) is 0. The number of amides is 2. The van der Waals surface area contributed by atoms with Crippen LogP contribution in [0.4, 0.5) is 29.1 Å². The number of hydrogen-bond donors (Lipinski definition) is 2. The molecule has 3 aromatic heterocycles. The minimum absolute atomic E-state index is 0.0144. The number of fused-ring (bicyclic) bond motifs is 1. The molecule has 0 aliphatic carbocycles. The summed E-state index contributed by atoms with van der Waals surface area (Å²) >= 11 is 0. The van der Waals surface area contributed by atoms with Gasteiger partial charge in [0.25, 0.3) is 18.8 Å². The third-order valence-electron chi connectivity index (χ3n) is 7.89. The summed E-state index contributed by atoms with van der Waals surface area (Å²) in [5.41, 5.74) is 7.94. The number of benzene rings is 1. The number of imidazole rings is 1. The van der Waals surface area contributed by atoms with Crippen LogP contribution >= 0.6 is 0 Å². The molecule has 0 unspecified atom stereocenters. The molecule has 0 spiro atoms. The molecule has 0 saturated carbocycles. The van der Waals surface area contributed by atoms with Gasteiger partial charge in [0.1, 0.15) is 12.2 Å². The lowest BCUT2D eigenvalue weighted by Crippen LogP contribution is -2.55. The largest absolute Gasteiger partial charge is 0.338 e. The normalized spacial score (nSPS) is 14.6. The van der Waals surface area contributed by atoms with Crippen LogP contribution in [-0.4, -0.2) is 84.4 Å². The number of rotatable bonds is 10. The highest BCUT2D eigenvalue weighted by atomic mass is 19.3. The van der Waals surface area contributed by atoms with E-state index >= 15 is 0 Å². The molecule has 5 rings (SSSR count). The highest BCUT2D eigenvalue weighted by Crippen LogP contribution is 2.32. The molecular formula is C30H35F4N9O2. The molecule has 3 N–H and O–H groups in total. The predicted molar refractivity (Wildman–Crippen MR) is 160 cm³/mol. The number of nitrogens with zero attached hydrogens (tertiary/aromatic N) is 7. The summed E-state index contributed by atoms with van der Waals surface area (Å²) in [6.07, 6.45) is 0.354. The second kappa shape index (κ2) is 13.2. The molecule has 1 fully saturated rings. The van der Waals surface area contributed by atoms with Gasteiger partial charge in [-0.15, -0.1) is 0 Å². The van der Waals surface area contributed by atoms with Gasteiger partial charge in [0.15, 0.2) is 11.5 Å². The van der Waals surface area contributed by atoms with Gasteiger partial charge < -0.3 is 20.9 Å². The molecule has 4 aromatic rings. The molecule has 4 heterocycles. The first kappa shape index (κ1) is 31.9. The van der Waals surface area contributed by atoms with Crippen LogP contribution in [0.15, 0.2) is 43.0 Å². The van der Waals surface area contributed by atoms with Gasteiger partial charge in [-0.3, -0.25) is 18.7 Å². The van der Waals surface area contributed by atoms with Crippen molar-refractivity contribution in [1.29, 1.82) is 0 Å². The monoisotopic (exact) mass is 629 g/mol. The minimum Gasteiger partial charge on any atom is -0.338 e. The summed E-state index contributed by atoms with van der Waals surface area (Å²) in [4.78, 5) is 38.3. The fourth-order valence-electron chi connectivity index (χ4n) is 5.34. The summed E-state index contributed by atoms with van der Waals surface area (Å²) in [6, 6.07) is 4.75. The Morgan fingerprint density at radius 1 is 1.04 bits per heavy atom. The van der Waals surface area contributed by atoms with Crippen molar-refractivity contribution in [3.05, 3.63) is 59.8 Å². The molecule has 0 radical (unpaired) electrons. The molecule has 240 valence electrons. The molecular weight excluding hydrogens is 594 g/mol. The Morgan fingerprint density at radius 2 is 1.76 bits per heavy atom. The Morgan fingerprint density at radius 3 is 2.40 bits per heavy atom. The molecule has 0 bridgehead atoms. The van der Waals surface area contributed by atoms with Crippen molar-refractivity contribution in [2.45, 2.75) is 52.6 Å². The number of piperazine rings is 1. The van der Waals surface area contributed by atoms with Crippen LogP contribution in [0.1, 0.15) is 48.8 Å². The van der Waals surface area contributed by atoms with E-state index in [-0.39, 0.29) is 29.0 Å². The van der Waals surface area contributed by atoms with Crippen molar-refractivity contribution in [2.24, 2.45) is 11.7 Å². The number of carbonyl (C=O) groups excluding carboxylic acids is 2.